The van der Waals surface area contributed by atoms with E-state index in [9.17, 15) is 27.9 Å². The van der Waals surface area contributed by atoms with E-state index in [2.05, 4.69) is 0 Å². The number of amides is 1. The molecule has 1 saturated heterocycles. The number of hydrogen-bond donors (Lipinski definition) is 1. The zero-order chi connectivity index (χ0) is 19.4. The van der Waals surface area contributed by atoms with E-state index in [0.717, 1.165) is 12.1 Å². The van der Waals surface area contributed by atoms with E-state index in [-0.39, 0.29) is 13.1 Å². The predicted octanol–water partition coefficient (Wildman–Crippen LogP) is 3.44. The Hall–Kier alpha value is -2.09. The Labute approximate surface area is 149 Å². The number of nitrogens with zero attached hydrogens (tertiary/aromatic N) is 1. The summed E-state index contributed by atoms with van der Waals surface area (Å²) in [7, 11) is 1.51. The normalized spacial score (nSPS) is 20.8. The van der Waals surface area contributed by atoms with Gasteiger partial charge >= 0.3 is 12.1 Å². The summed E-state index contributed by atoms with van der Waals surface area (Å²) in [6.45, 7) is 0.529. The zero-order valence-electron chi connectivity index (χ0n) is 14.5. The van der Waals surface area contributed by atoms with E-state index >= 15 is 0 Å². The van der Waals surface area contributed by atoms with Gasteiger partial charge in [0.05, 0.1) is 16.5 Å². The van der Waals surface area contributed by atoms with Crippen molar-refractivity contribution < 1.29 is 32.6 Å². The third-order valence-corrected chi connectivity index (χ3v) is 4.78. The van der Waals surface area contributed by atoms with Gasteiger partial charge < -0.3 is 14.7 Å². The number of hydrogen-bond acceptors (Lipinski definition) is 3. The van der Waals surface area contributed by atoms with Crippen molar-refractivity contribution in [1.82, 2.24) is 4.90 Å². The monoisotopic (exact) mass is 373 g/mol. The first-order valence-corrected chi connectivity index (χ1v) is 8.39. The first-order chi connectivity index (χ1) is 12.2. The molecule has 26 heavy (non-hydrogen) atoms. The van der Waals surface area contributed by atoms with E-state index in [0.29, 0.717) is 32.3 Å². The molecule has 1 atom stereocenters. The molecule has 0 bridgehead atoms. The molecule has 1 aromatic rings. The van der Waals surface area contributed by atoms with Gasteiger partial charge in [-0.25, -0.2) is 0 Å². The lowest BCUT2D eigenvalue weighted by Crippen LogP contribution is -2.50. The SMILES string of the molecule is COCCCC1(C(=O)O)CCCN(C(=O)c2ccccc2C(F)(F)F)C1. The molecule has 5 nitrogen and oxygen atoms in total. The summed E-state index contributed by atoms with van der Waals surface area (Å²) in [4.78, 5) is 25.8. The Morgan fingerprint density at radius 1 is 1.31 bits per heavy atom. The van der Waals surface area contributed by atoms with Gasteiger partial charge in [0.1, 0.15) is 0 Å². The summed E-state index contributed by atoms with van der Waals surface area (Å²) in [5.74, 6) is -1.81. The highest BCUT2D eigenvalue weighted by molar-refractivity contribution is 5.96. The van der Waals surface area contributed by atoms with Crippen molar-refractivity contribution in [2.24, 2.45) is 5.41 Å². The second kappa shape index (κ2) is 8.07. The maximum atomic E-state index is 13.2. The molecule has 1 amide bonds. The molecule has 1 aromatic carbocycles. The third-order valence-electron chi connectivity index (χ3n) is 4.78. The smallest absolute Gasteiger partial charge is 0.417 e. The topological polar surface area (TPSA) is 66.8 Å². The van der Waals surface area contributed by atoms with Crippen LogP contribution in [0, 0.1) is 5.41 Å². The van der Waals surface area contributed by atoms with Gasteiger partial charge in [-0.1, -0.05) is 12.1 Å². The number of rotatable bonds is 6. The molecule has 1 aliphatic rings. The second-order valence-corrected chi connectivity index (χ2v) is 6.56. The maximum absolute atomic E-state index is 13.2. The standard InChI is InChI=1S/C18H22F3NO4/c1-26-11-5-9-17(16(24)25)8-4-10-22(12-17)15(23)13-6-2-3-7-14(13)18(19,20)21/h2-3,6-7H,4-5,8-12H2,1H3,(H,24,25). The van der Waals surface area contributed by atoms with E-state index in [4.69, 9.17) is 4.74 Å². The van der Waals surface area contributed by atoms with Crippen molar-refractivity contribution in [2.75, 3.05) is 26.8 Å². The van der Waals surface area contributed by atoms with Crippen LogP contribution < -0.4 is 0 Å². The molecule has 1 aliphatic heterocycles. The van der Waals surface area contributed by atoms with Crippen LogP contribution in [0.4, 0.5) is 13.2 Å². The van der Waals surface area contributed by atoms with Crippen LogP contribution in [0.25, 0.3) is 0 Å². The number of halogens is 3. The van der Waals surface area contributed by atoms with Crippen molar-refractivity contribution in [1.29, 1.82) is 0 Å². The first kappa shape index (κ1) is 20.2. The lowest BCUT2D eigenvalue weighted by molar-refractivity contribution is -0.152. The molecule has 0 aliphatic carbocycles. The zero-order valence-corrected chi connectivity index (χ0v) is 14.5. The molecule has 1 N–H and O–H groups in total. The van der Waals surface area contributed by atoms with Gasteiger partial charge in [-0.3, -0.25) is 9.59 Å². The number of alkyl halides is 3. The molecule has 1 unspecified atom stereocenters. The highest BCUT2D eigenvalue weighted by atomic mass is 19.4. The number of carbonyl (C=O) groups excluding carboxylic acids is 1. The molecule has 1 fully saturated rings. The van der Waals surface area contributed by atoms with Crippen LogP contribution in [0.5, 0.6) is 0 Å². The van der Waals surface area contributed by atoms with E-state index in [1.165, 1.54) is 24.1 Å². The summed E-state index contributed by atoms with van der Waals surface area (Å²) < 4.78 is 44.5. The van der Waals surface area contributed by atoms with Crippen LogP contribution in [0.3, 0.4) is 0 Å². The molecule has 0 aromatic heterocycles. The number of aliphatic carboxylic acids is 1. The quantitative estimate of drug-likeness (QED) is 0.776. The Bertz CT molecular complexity index is 662. The van der Waals surface area contributed by atoms with Gasteiger partial charge in [0.25, 0.3) is 5.91 Å². The molecule has 144 valence electrons. The summed E-state index contributed by atoms with van der Waals surface area (Å²) in [5.41, 5.74) is -2.60. The Morgan fingerprint density at radius 3 is 2.62 bits per heavy atom. The minimum atomic E-state index is -4.65. The van der Waals surface area contributed by atoms with E-state index in [1.54, 1.807) is 0 Å². The highest BCUT2D eigenvalue weighted by Crippen LogP contribution is 2.37. The number of benzene rings is 1. The van der Waals surface area contributed by atoms with Gasteiger partial charge in [-0.2, -0.15) is 13.2 Å². The number of ether oxygens (including phenoxy) is 1. The fourth-order valence-electron chi connectivity index (χ4n) is 3.43. The molecule has 0 spiro atoms. The average Bonchev–Trinajstić information content (AvgIpc) is 2.60. The number of likely N-dealkylation sites (tertiary alicyclic amines) is 1. The van der Waals surface area contributed by atoms with E-state index < -0.39 is 34.6 Å². The Balaban J connectivity index is 2.26. The Kier molecular flexibility index (Phi) is 6.28. The van der Waals surface area contributed by atoms with Crippen LogP contribution in [0.2, 0.25) is 0 Å². The molecule has 8 heteroatoms. The number of carboxylic acids is 1. The van der Waals surface area contributed by atoms with Gasteiger partial charge in [-0.05, 0) is 37.8 Å². The number of piperidine rings is 1. The molecule has 0 saturated carbocycles. The molecule has 1 heterocycles. The maximum Gasteiger partial charge on any atom is 0.417 e. The molecular formula is C18H22F3NO4. The lowest BCUT2D eigenvalue weighted by atomic mass is 9.76. The third kappa shape index (κ3) is 4.35. The minimum absolute atomic E-state index is 0.100. The van der Waals surface area contributed by atoms with Crippen LogP contribution >= 0.6 is 0 Å². The van der Waals surface area contributed by atoms with Gasteiger partial charge in [0, 0.05) is 26.8 Å². The fraction of sp³-hybridized carbons (Fsp3) is 0.556. The molecule has 0 radical (unpaired) electrons. The fourth-order valence-corrected chi connectivity index (χ4v) is 3.43. The van der Waals surface area contributed by atoms with Crippen molar-refractivity contribution in [3.63, 3.8) is 0 Å². The van der Waals surface area contributed by atoms with Crippen LogP contribution in [-0.2, 0) is 15.7 Å². The van der Waals surface area contributed by atoms with Crippen molar-refractivity contribution >= 4 is 11.9 Å². The van der Waals surface area contributed by atoms with Crippen LogP contribution in [0.1, 0.15) is 41.6 Å². The van der Waals surface area contributed by atoms with Gasteiger partial charge in [0.15, 0.2) is 0 Å². The summed E-state index contributed by atoms with van der Waals surface area (Å²) in [5, 5.41) is 9.68. The number of carboxylic acid groups (broad SMARTS) is 1. The lowest BCUT2D eigenvalue weighted by Gasteiger charge is -2.40. The van der Waals surface area contributed by atoms with Gasteiger partial charge in [-0.15, -0.1) is 0 Å². The predicted molar refractivity (Wildman–Crippen MR) is 87.8 cm³/mol. The van der Waals surface area contributed by atoms with Crippen LogP contribution in [-0.4, -0.2) is 48.7 Å². The Morgan fingerprint density at radius 2 is 2.00 bits per heavy atom. The number of methoxy groups -OCH3 is 1. The van der Waals surface area contributed by atoms with Crippen LogP contribution in [0.15, 0.2) is 24.3 Å². The first-order valence-electron chi connectivity index (χ1n) is 8.39. The number of carbonyl (C=O) groups is 2. The second-order valence-electron chi connectivity index (χ2n) is 6.56. The summed E-state index contributed by atoms with van der Waals surface area (Å²) >= 11 is 0. The van der Waals surface area contributed by atoms with Crippen molar-refractivity contribution in [3.8, 4) is 0 Å². The summed E-state index contributed by atoms with van der Waals surface area (Å²) in [6, 6.07) is 4.59. The largest absolute Gasteiger partial charge is 0.481 e. The summed E-state index contributed by atoms with van der Waals surface area (Å²) in [6.07, 6.45) is -3.02. The van der Waals surface area contributed by atoms with Gasteiger partial charge in [0.2, 0.25) is 0 Å². The average molecular weight is 373 g/mol. The van der Waals surface area contributed by atoms with E-state index in [1.807, 2.05) is 0 Å². The molecule has 2 rings (SSSR count). The highest BCUT2D eigenvalue weighted by Gasteiger charge is 2.44. The molecular weight excluding hydrogens is 351 g/mol. The minimum Gasteiger partial charge on any atom is -0.481 e. The van der Waals surface area contributed by atoms with Crippen molar-refractivity contribution in [3.05, 3.63) is 35.4 Å². The van der Waals surface area contributed by atoms with Crippen molar-refractivity contribution in [2.45, 2.75) is 31.9 Å².